The fourth-order valence-electron chi connectivity index (χ4n) is 1.97. The van der Waals surface area contributed by atoms with Crippen LogP contribution in [0.2, 0.25) is 0 Å². The van der Waals surface area contributed by atoms with Gasteiger partial charge in [0.15, 0.2) is 0 Å². The average Bonchev–Trinajstić information content (AvgIpc) is 2.69. The summed E-state index contributed by atoms with van der Waals surface area (Å²) < 4.78 is 30.6. The Bertz CT molecular complexity index is 492. The third kappa shape index (κ3) is 15.1. The molecule has 170 valence electrons. The SMILES string of the molecule is O=P(O/C(=C\CCCl)CCCl)(O/C(=C\CCCl)CCCl)O/C(=C\CCCl)CCCl. The summed E-state index contributed by atoms with van der Waals surface area (Å²) in [4.78, 5) is 0. The zero-order chi connectivity index (χ0) is 22.0. The first-order valence-corrected chi connectivity index (χ1v) is 13.8. The Kier molecular flexibility index (Phi) is 19.7. The molecule has 11 heteroatoms. The summed E-state index contributed by atoms with van der Waals surface area (Å²) >= 11 is 34.8. The van der Waals surface area contributed by atoms with Gasteiger partial charge in [0, 0.05) is 54.5 Å². The van der Waals surface area contributed by atoms with E-state index in [1.165, 1.54) is 0 Å². The Balaban J connectivity index is 5.81. The third-order valence-corrected chi connectivity index (χ3v) is 5.75. The van der Waals surface area contributed by atoms with Crippen LogP contribution >= 0.6 is 77.4 Å². The van der Waals surface area contributed by atoms with Crippen molar-refractivity contribution in [3.63, 3.8) is 0 Å². The van der Waals surface area contributed by atoms with E-state index >= 15 is 0 Å². The first kappa shape index (κ1) is 29.6. The normalized spacial score (nSPS) is 13.5. The molecular formula is C18H27Cl6O4P. The maximum atomic E-state index is 13.5. The van der Waals surface area contributed by atoms with Gasteiger partial charge in [-0.15, -0.1) is 69.6 Å². The average molecular weight is 551 g/mol. The standard InChI is InChI=1S/C18H27Cl6O4P/c19-10-1-4-16(7-13-22)26-29(25,27-17(8-14-23)5-2-11-20)28-18(9-15-24)6-3-12-21/h4-6H,1-3,7-15H2/b16-4-,17-5-,18-6-. The minimum Gasteiger partial charge on any atom is -0.391 e. The van der Waals surface area contributed by atoms with Gasteiger partial charge < -0.3 is 13.6 Å². The maximum Gasteiger partial charge on any atom is 0.646 e. The number of allylic oxidation sites excluding steroid dienone is 6. The van der Waals surface area contributed by atoms with Crippen LogP contribution in [-0.2, 0) is 18.1 Å². The van der Waals surface area contributed by atoms with E-state index in [1.807, 2.05) is 0 Å². The molecule has 29 heavy (non-hydrogen) atoms. The first-order valence-electron chi connectivity index (χ1n) is 9.10. The Morgan fingerprint density at radius 1 is 0.552 bits per heavy atom. The Morgan fingerprint density at radius 2 is 0.828 bits per heavy atom. The second-order valence-electron chi connectivity index (χ2n) is 5.48. The van der Waals surface area contributed by atoms with Crippen LogP contribution in [0.5, 0.6) is 0 Å². The Labute approximate surface area is 204 Å². The summed E-state index contributed by atoms with van der Waals surface area (Å²) in [6.07, 6.45) is 7.68. The van der Waals surface area contributed by atoms with Crippen molar-refractivity contribution in [1.82, 2.24) is 0 Å². The molecule has 0 aromatic heterocycles. The molecule has 0 aliphatic carbocycles. The zero-order valence-electron chi connectivity index (χ0n) is 16.1. The Morgan fingerprint density at radius 3 is 1.03 bits per heavy atom. The lowest BCUT2D eigenvalue weighted by Crippen LogP contribution is -2.04. The highest BCUT2D eigenvalue weighted by molar-refractivity contribution is 7.48. The van der Waals surface area contributed by atoms with E-state index in [9.17, 15) is 4.57 Å². The molecule has 0 atom stereocenters. The molecular weight excluding hydrogens is 524 g/mol. The van der Waals surface area contributed by atoms with Crippen LogP contribution in [0.15, 0.2) is 35.5 Å². The second kappa shape index (κ2) is 19.3. The molecule has 0 unspecified atom stereocenters. The fourth-order valence-corrected chi connectivity index (χ4v) is 4.32. The molecule has 0 aromatic rings. The van der Waals surface area contributed by atoms with E-state index < -0.39 is 7.82 Å². The quantitative estimate of drug-likeness (QED) is 0.0973. The van der Waals surface area contributed by atoms with Crippen molar-refractivity contribution >= 4 is 77.4 Å². The van der Waals surface area contributed by atoms with E-state index in [4.69, 9.17) is 83.2 Å². The van der Waals surface area contributed by atoms with E-state index in [2.05, 4.69) is 0 Å². The van der Waals surface area contributed by atoms with Gasteiger partial charge in [-0.05, 0) is 37.5 Å². The first-order chi connectivity index (χ1) is 14.0. The summed E-state index contributed by atoms with van der Waals surface area (Å²) in [5, 5.41) is 0. The van der Waals surface area contributed by atoms with Gasteiger partial charge in [-0.25, -0.2) is 0 Å². The molecule has 0 spiro atoms. The molecule has 0 saturated heterocycles. The summed E-state index contributed by atoms with van der Waals surface area (Å²) in [6, 6.07) is 0. The van der Waals surface area contributed by atoms with Crippen LogP contribution in [-0.4, -0.2) is 35.3 Å². The van der Waals surface area contributed by atoms with Gasteiger partial charge in [-0.1, -0.05) is 0 Å². The molecule has 0 heterocycles. The lowest BCUT2D eigenvalue weighted by atomic mass is 10.3. The van der Waals surface area contributed by atoms with Gasteiger partial charge in [0.05, 0.1) is 0 Å². The molecule has 0 bridgehead atoms. The van der Waals surface area contributed by atoms with Crippen LogP contribution in [0, 0.1) is 0 Å². The van der Waals surface area contributed by atoms with E-state index in [0.717, 1.165) is 0 Å². The second-order valence-corrected chi connectivity index (χ2v) is 9.19. The molecule has 0 saturated carbocycles. The van der Waals surface area contributed by atoms with Crippen LogP contribution in [0.4, 0.5) is 0 Å². The van der Waals surface area contributed by atoms with Gasteiger partial charge >= 0.3 is 7.82 Å². The molecule has 0 aliphatic rings. The number of phosphoric ester groups is 1. The highest BCUT2D eigenvalue weighted by atomic mass is 35.5. The van der Waals surface area contributed by atoms with Crippen LogP contribution in [0.25, 0.3) is 0 Å². The van der Waals surface area contributed by atoms with Crippen molar-refractivity contribution in [2.75, 3.05) is 35.3 Å². The van der Waals surface area contributed by atoms with E-state index in [0.29, 0.717) is 73.4 Å². The van der Waals surface area contributed by atoms with Gasteiger partial charge in [-0.3, -0.25) is 0 Å². The van der Waals surface area contributed by atoms with Crippen LogP contribution < -0.4 is 0 Å². The topological polar surface area (TPSA) is 44.8 Å². The molecule has 0 aliphatic heterocycles. The summed E-state index contributed by atoms with van der Waals surface area (Å²) in [5.41, 5.74) is 0. The number of halogens is 6. The summed E-state index contributed by atoms with van der Waals surface area (Å²) in [7, 11) is -4.11. The monoisotopic (exact) mass is 548 g/mol. The number of hydrogen-bond acceptors (Lipinski definition) is 4. The zero-order valence-corrected chi connectivity index (χ0v) is 21.5. The smallest absolute Gasteiger partial charge is 0.391 e. The van der Waals surface area contributed by atoms with Crippen molar-refractivity contribution in [1.29, 1.82) is 0 Å². The van der Waals surface area contributed by atoms with Crippen molar-refractivity contribution in [2.24, 2.45) is 0 Å². The van der Waals surface area contributed by atoms with E-state index in [1.54, 1.807) is 18.2 Å². The predicted octanol–water partition coefficient (Wildman–Crippen LogP) is 8.57. The highest BCUT2D eigenvalue weighted by Gasteiger charge is 2.35. The van der Waals surface area contributed by atoms with E-state index in [-0.39, 0.29) is 17.6 Å². The molecule has 0 aromatic carbocycles. The van der Waals surface area contributed by atoms with Crippen molar-refractivity contribution < 1.29 is 18.1 Å². The lowest BCUT2D eigenvalue weighted by molar-refractivity contribution is 0.184. The van der Waals surface area contributed by atoms with Gasteiger partial charge in [-0.2, -0.15) is 4.57 Å². The van der Waals surface area contributed by atoms with Gasteiger partial charge in [0.1, 0.15) is 17.3 Å². The molecule has 4 nitrogen and oxygen atoms in total. The maximum absolute atomic E-state index is 13.5. The van der Waals surface area contributed by atoms with Crippen LogP contribution in [0.1, 0.15) is 38.5 Å². The van der Waals surface area contributed by atoms with Gasteiger partial charge in [0.2, 0.25) is 0 Å². The Hall–Kier alpha value is 0.590. The van der Waals surface area contributed by atoms with Crippen molar-refractivity contribution in [3.05, 3.63) is 35.5 Å². The molecule has 0 amide bonds. The van der Waals surface area contributed by atoms with Gasteiger partial charge in [0.25, 0.3) is 0 Å². The summed E-state index contributed by atoms with van der Waals surface area (Å²) in [5.74, 6) is 3.03. The highest BCUT2D eigenvalue weighted by Crippen LogP contribution is 2.56. The minimum absolute atomic E-state index is 0.265. The summed E-state index contributed by atoms with van der Waals surface area (Å²) in [6.45, 7) is 0. The molecule has 0 N–H and O–H groups in total. The molecule has 0 radical (unpaired) electrons. The predicted molar refractivity (Wildman–Crippen MR) is 127 cm³/mol. The fraction of sp³-hybridized carbons (Fsp3) is 0.667. The lowest BCUT2D eigenvalue weighted by Gasteiger charge is -2.23. The molecule has 0 rings (SSSR count). The van der Waals surface area contributed by atoms with Crippen molar-refractivity contribution in [2.45, 2.75) is 38.5 Å². The molecule has 0 fully saturated rings. The number of hydrogen-bond donors (Lipinski definition) is 0. The minimum atomic E-state index is -4.11. The van der Waals surface area contributed by atoms with Crippen LogP contribution in [0.3, 0.4) is 0 Å². The van der Waals surface area contributed by atoms with Crippen molar-refractivity contribution in [3.8, 4) is 0 Å². The number of rotatable bonds is 18. The number of alkyl halides is 6. The largest absolute Gasteiger partial charge is 0.646 e. The number of phosphoric acid groups is 1. The third-order valence-electron chi connectivity index (χ3n) is 3.15.